The fourth-order valence-electron chi connectivity index (χ4n) is 2.60. The molecule has 0 spiro atoms. The summed E-state index contributed by atoms with van der Waals surface area (Å²) in [5.74, 6) is -1.57. The van der Waals surface area contributed by atoms with E-state index in [0.29, 0.717) is 24.7 Å². The van der Waals surface area contributed by atoms with Crippen LogP contribution >= 0.6 is 0 Å². The van der Waals surface area contributed by atoms with Gasteiger partial charge in [-0.05, 0) is 38.0 Å². The van der Waals surface area contributed by atoms with Crippen molar-refractivity contribution in [2.24, 2.45) is 0 Å². The van der Waals surface area contributed by atoms with E-state index in [1.807, 2.05) is 6.92 Å². The number of hydrogen-bond donors (Lipinski definition) is 0. The Bertz CT molecular complexity index is 527. The standard InChI is InChI=1S/C15H17F4NO/c1-10-5-3-2-4-8-20(10)14(21)12-9-11(15(17,18)19)6-7-13(12)16/h6-7,9-10H,2-5,8H2,1H3. The van der Waals surface area contributed by atoms with Crippen LogP contribution in [0.5, 0.6) is 0 Å². The maximum Gasteiger partial charge on any atom is 0.416 e. The van der Waals surface area contributed by atoms with Gasteiger partial charge in [0, 0.05) is 12.6 Å². The van der Waals surface area contributed by atoms with Crippen LogP contribution in [0.25, 0.3) is 0 Å². The highest BCUT2D eigenvalue weighted by Gasteiger charge is 2.33. The van der Waals surface area contributed by atoms with E-state index in [9.17, 15) is 22.4 Å². The van der Waals surface area contributed by atoms with Crippen molar-refractivity contribution in [1.29, 1.82) is 0 Å². The van der Waals surface area contributed by atoms with Gasteiger partial charge in [0.15, 0.2) is 0 Å². The van der Waals surface area contributed by atoms with Gasteiger partial charge < -0.3 is 4.90 Å². The highest BCUT2D eigenvalue weighted by atomic mass is 19.4. The van der Waals surface area contributed by atoms with Crippen molar-refractivity contribution < 1.29 is 22.4 Å². The van der Waals surface area contributed by atoms with Gasteiger partial charge in [-0.1, -0.05) is 12.8 Å². The molecule has 0 saturated carbocycles. The van der Waals surface area contributed by atoms with Crippen LogP contribution in [-0.2, 0) is 6.18 Å². The molecule has 0 aliphatic carbocycles. The summed E-state index contributed by atoms with van der Waals surface area (Å²) in [5.41, 5.74) is -1.51. The van der Waals surface area contributed by atoms with Crippen molar-refractivity contribution >= 4 is 5.91 Å². The number of hydrogen-bond acceptors (Lipinski definition) is 1. The van der Waals surface area contributed by atoms with E-state index in [-0.39, 0.29) is 6.04 Å². The fourth-order valence-corrected chi connectivity index (χ4v) is 2.60. The first-order chi connectivity index (χ1) is 9.80. The monoisotopic (exact) mass is 303 g/mol. The lowest BCUT2D eigenvalue weighted by Crippen LogP contribution is -2.38. The number of rotatable bonds is 1. The fraction of sp³-hybridized carbons (Fsp3) is 0.533. The Hall–Kier alpha value is -1.59. The quantitative estimate of drug-likeness (QED) is 0.710. The molecular formula is C15H17F4NO. The van der Waals surface area contributed by atoms with E-state index in [2.05, 4.69) is 0 Å². The molecule has 1 aliphatic rings. The molecule has 116 valence electrons. The van der Waals surface area contributed by atoms with Crippen LogP contribution in [0.2, 0.25) is 0 Å². The average molecular weight is 303 g/mol. The number of carbonyl (C=O) groups is 1. The van der Waals surface area contributed by atoms with Crippen LogP contribution in [0, 0.1) is 5.82 Å². The third-order valence-corrected chi connectivity index (χ3v) is 3.84. The van der Waals surface area contributed by atoms with Crippen molar-refractivity contribution in [3.05, 3.63) is 35.1 Å². The Kier molecular flexibility index (Phi) is 4.54. The molecule has 0 bridgehead atoms. The molecule has 0 aromatic heterocycles. The second-order valence-corrected chi connectivity index (χ2v) is 5.39. The minimum Gasteiger partial charge on any atom is -0.336 e. The second-order valence-electron chi connectivity index (χ2n) is 5.39. The zero-order valence-corrected chi connectivity index (χ0v) is 11.7. The van der Waals surface area contributed by atoms with Crippen molar-refractivity contribution in [2.75, 3.05) is 6.54 Å². The molecule has 1 fully saturated rings. The van der Waals surface area contributed by atoms with Gasteiger partial charge in [0.05, 0.1) is 11.1 Å². The van der Waals surface area contributed by atoms with Crippen LogP contribution in [0.15, 0.2) is 18.2 Å². The molecule has 1 heterocycles. The van der Waals surface area contributed by atoms with Gasteiger partial charge >= 0.3 is 6.18 Å². The normalized spacial score (nSPS) is 20.2. The topological polar surface area (TPSA) is 20.3 Å². The van der Waals surface area contributed by atoms with Crippen molar-refractivity contribution in [3.63, 3.8) is 0 Å². The van der Waals surface area contributed by atoms with E-state index in [1.165, 1.54) is 4.90 Å². The summed E-state index contributed by atoms with van der Waals surface area (Å²) in [6.45, 7) is 2.30. The smallest absolute Gasteiger partial charge is 0.336 e. The minimum absolute atomic E-state index is 0.0889. The number of nitrogens with zero attached hydrogens (tertiary/aromatic N) is 1. The summed E-state index contributed by atoms with van der Waals surface area (Å²) in [6, 6.07) is 1.88. The molecule has 1 atom stereocenters. The predicted molar refractivity (Wildman–Crippen MR) is 70.4 cm³/mol. The summed E-state index contributed by atoms with van der Waals surface area (Å²) in [7, 11) is 0. The van der Waals surface area contributed by atoms with Crippen LogP contribution < -0.4 is 0 Å². The average Bonchev–Trinajstić information content (AvgIpc) is 2.62. The molecule has 1 aromatic rings. The van der Waals surface area contributed by atoms with Gasteiger partial charge in [-0.25, -0.2) is 4.39 Å². The molecular weight excluding hydrogens is 286 g/mol. The van der Waals surface area contributed by atoms with Crippen molar-refractivity contribution in [1.82, 2.24) is 4.90 Å². The van der Waals surface area contributed by atoms with E-state index in [1.54, 1.807) is 0 Å². The lowest BCUT2D eigenvalue weighted by Gasteiger charge is -2.27. The summed E-state index contributed by atoms with van der Waals surface area (Å²) >= 11 is 0. The molecule has 0 N–H and O–H groups in total. The molecule has 21 heavy (non-hydrogen) atoms. The number of likely N-dealkylation sites (tertiary alicyclic amines) is 1. The van der Waals surface area contributed by atoms with E-state index in [0.717, 1.165) is 25.7 Å². The van der Waals surface area contributed by atoms with Crippen molar-refractivity contribution in [2.45, 2.75) is 44.8 Å². The third kappa shape index (κ3) is 3.54. The Morgan fingerprint density at radius 2 is 1.95 bits per heavy atom. The van der Waals surface area contributed by atoms with Gasteiger partial charge in [-0.2, -0.15) is 13.2 Å². The molecule has 0 radical (unpaired) electrons. The Balaban J connectivity index is 2.33. The maximum atomic E-state index is 13.8. The zero-order valence-electron chi connectivity index (χ0n) is 11.7. The SMILES string of the molecule is CC1CCCCCN1C(=O)c1cc(C(F)(F)F)ccc1F. The first-order valence-corrected chi connectivity index (χ1v) is 6.98. The lowest BCUT2D eigenvalue weighted by atomic mass is 10.1. The van der Waals surface area contributed by atoms with Gasteiger partial charge in [0.1, 0.15) is 5.82 Å². The van der Waals surface area contributed by atoms with Crippen LogP contribution in [0.4, 0.5) is 17.6 Å². The van der Waals surface area contributed by atoms with Crippen LogP contribution in [-0.4, -0.2) is 23.4 Å². The summed E-state index contributed by atoms with van der Waals surface area (Å²) in [6.07, 6.45) is -1.08. The summed E-state index contributed by atoms with van der Waals surface area (Å²) in [4.78, 5) is 13.9. The van der Waals surface area contributed by atoms with Gasteiger partial charge in [0.25, 0.3) is 5.91 Å². The summed E-state index contributed by atoms with van der Waals surface area (Å²) in [5, 5.41) is 0. The van der Waals surface area contributed by atoms with Gasteiger partial charge in [-0.3, -0.25) is 4.79 Å². The zero-order chi connectivity index (χ0) is 15.6. The molecule has 6 heteroatoms. The number of halogens is 4. The summed E-state index contributed by atoms with van der Waals surface area (Å²) < 4.78 is 51.9. The van der Waals surface area contributed by atoms with E-state index < -0.39 is 29.0 Å². The van der Waals surface area contributed by atoms with Gasteiger partial charge in [-0.15, -0.1) is 0 Å². The molecule has 1 saturated heterocycles. The number of amides is 1. The van der Waals surface area contributed by atoms with Gasteiger partial charge in [0.2, 0.25) is 0 Å². The third-order valence-electron chi connectivity index (χ3n) is 3.84. The Labute approximate surface area is 120 Å². The molecule has 1 aromatic carbocycles. The molecule has 1 unspecified atom stereocenters. The molecule has 1 amide bonds. The Morgan fingerprint density at radius 3 is 2.62 bits per heavy atom. The number of carbonyl (C=O) groups excluding carboxylic acids is 1. The first-order valence-electron chi connectivity index (χ1n) is 6.98. The van der Waals surface area contributed by atoms with E-state index in [4.69, 9.17) is 0 Å². The maximum absolute atomic E-state index is 13.8. The van der Waals surface area contributed by atoms with Crippen LogP contribution in [0.1, 0.15) is 48.5 Å². The molecule has 1 aliphatic heterocycles. The first kappa shape index (κ1) is 15.8. The number of benzene rings is 1. The Morgan fingerprint density at radius 1 is 1.24 bits per heavy atom. The van der Waals surface area contributed by atoms with Crippen LogP contribution in [0.3, 0.4) is 0 Å². The highest BCUT2D eigenvalue weighted by molar-refractivity contribution is 5.95. The highest BCUT2D eigenvalue weighted by Crippen LogP contribution is 2.31. The minimum atomic E-state index is -4.59. The lowest BCUT2D eigenvalue weighted by molar-refractivity contribution is -0.137. The van der Waals surface area contributed by atoms with E-state index >= 15 is 0 Å². The largest absolute Gasteiger partial charge is 0.416 e. The molecule has 2 rings (SSSR count). The predicted octanol–water partition coefficient (Wildman–Crippen LogP) is 4.25. The number of alkyl halides is 3. The molecule has 2 nitrogen and oxygen atoms in total. The van der Waals surface area contributed by atoms with Crippen molar-refractivity contribution in [3.8, 4) is 0 Å². The second kappa shape index (κ2) is 6.03.